The van der Waals surface area contributed by atoms with E-state index in [2.05, 4.69) is 0 Å². The lowest BCUT2D eigenvalue weighted by atomic mass is 9.75. The van der Waals surface area contributed by atoms with Crippen molar-refractivity contribution in [2.45, 2.75) is 125 Å². The van der Waals surface area contributed by atoms with Crippen molar-refractivity contribution in [3.63, 3.8) is 0 Å². The molecule has 0 atom stereocenters. The van der Waals surface area contributed by atoms with E-state index in [9.17, 15) is 79.4 Å². The lowest BCUT2D eigenvalue weighted by molar-refractivity contribution is -0.463. The van der Waals surface area contributed by atoms with Gasteiger partial charge < -0.3 is 4.74 Å². The maximum Gasteiger partial charge on any atom is 0.460 e. The maximum absolute atomic E-state index is 14.6. The molecule has 2 nitrogen and oxygen atoms in total. The quantitative estimate of drug-likeness (QED) is 0.162. The first-order chi connectivity index (χ1) is 19.1. The zero-order valence-corrected chi connectivity index (χ0v) is 22.1. The average molecular weight is 670 g/mol. The van der Waals surface area contributed by atoms with E-state index in [0.29, 0.717) is 18.8 Å². The molecule has 2 aliphatic carbocycles. The van der Waals surface area contributed by atoms with Crippen LogP contribution in [0.1, 0.15) is 71.1 Å². The second-order valence-corrected chi connectivity index (χ2v) is 11.0. The van der Waals surface area contributed by atoms with Crippen LogP contribution in [0.25, 0.3) is 0 Å². The molecule has 2 aliphatic rings. The van der Waals surface area contributed by atoms with Crippen molar-refractivity contribution in [3.8, 4) is 0 Å². The van der Waals surface area contributed by atoms with Crippen molar-refractivity contribution < 1.29 is 84.2 Å². The van der Waals surface area contributed by atoms with Gasteiger partial charge in [-0.25, -0.2) is 0 Å². The van der Waals surface area contributed by atoms with E-state index in [0.717, 1.165) is 25.7 Å². The van der Waals surface area contributed by atoms with Gasteiger partial charge in [0.05, 0.1) is 5.92 Å². The van der Waals surface area contributed by atoms with Gasteiger partial charge in [0.25, 0.3) is 0 Å². The number of esters is 1. The summed E-state index contributed by atoms with van der Waals surface area (Å²) in [5.41, 5.74) is 0. The molecule has 0 unspecified atom stereocenters. The third-order valence-electron chi connectivity index (χ3n) is 8.09. The Morgan fingerprint density at radius 3 is 1.35 bits per heavy atom. The molecule has 0 aromatic carbocycles. The SMILES string of the molecule is CCC[C@H]1CC[C@H](OC(=O)[C@H]2CC[C@H](C(F)(F)C(F)(F)C(F)(F)C(F)(F)C(F)(F)C(F)(F)C(F)(F)C(F)(F)F)CC2)CC1. The largest absolute Gasteiger partial charge is 0.462 e. The van der Waals surface area contributed by atoms with Gasteiger partial charge in [0.2, 0.25) is 0 Å². The Hall–Kier alpha value is -1.72. The predicted octanol–water partition coefficient (Wildman–Crippen LogP) is 9.70. The second kappa shape index (κ2) is 11.9. The number of carbonyl (C=O) groups is 1. The number of alkyl halides is 17. The maximum atomic E-state index is 14.6. The van der Waals surface area contributed by atoms with Crippen molar-refractivity contribution in [1.82, 2.24) is 0 Å². The Kier molecular flexibility index (Phi) is 10.4. The van der Waals surface area contributed by atoms with Gasteiger partial charge in [-0.2, -0.15) is 74.6 Å². The predicted molar refractivity (Wildman–Crippen MR) is 113 cm³/mol. The molecule has 19 heteroatoms. The Bertz CT molecular complexity index is 959. The summed E-state index contributed by atoms with van der Waals surface area (Å²) in [6, 6.07) is 0. The normalized spacial score (nSPS) is 25.9. The molecule has 43 heavy (non-hydrogen) atoms. The monoisotopic (exact) mass is 670 g/mol. The fourth-order valence-electron chi connectivity index (χ4n) is 5.33. The van der Waals surface area contributed by atoms with Gasteiger partial charge in [-0.1, -0.05) is 19.8 Å². The van der Waals surface area contributed by atoms with E-state index in [4.69, 9.17) is 4.74 Å². The molecule has 0 saturated heterocycles. The summed E-state index contributed by atoms with van der Waals surface area (Å²) in [4.78, 5) is 12.4. The number of hydrogen-bond donors (Lipinski definition) is 0. The van der Waals surface area contributed by atoms with Crippen molar-refractivity contribution in [2.75, 3.05) is 0 Å². The first-order valence-corrected chi connectivity index (χ1v) is 13.1. The molecule has 2 rings (SSSR count). The van der Waals surface area contributed by atoms with E-state index in [-0.39, 0.29) is 0 Å². The molecule has 254 valence electrons. The highest BCUT2D eigenvalue weighted by molar-refractivity contribution is 5.72. The molecule has 2 fully saturated rings. The fourth-order valence-corrected chi connectivity index (χ4v) is 5.33. The molecule has 0 spiro atoms. The van der Waals surface area contributed by atoms with Crippen LogP contribution < -0.4 is 0 Å². The van der Waals surface area contributed by atoms with Crippen LogP contribution in [-0.4, -0.2) is 59.7 Å². The molecule has 0 aromatic rings. The minimum absolute atomic E-state index is 0.400. The van der Waals surface area contributed by atoms with Gasteiger partial charge in [-0.15, -0.1) is 0 Å². The van der Waals surface area contributed by atoms with Crippen LogP contribution in [-0.2, 0) is 9.53 Å². The fraction of sp³-hybridized carbons (Fsp3) is 0.958. The highest BCUT2D eigenvalue weighted by atomic mass is 19.4. The third-order valence-corrected chi connectivity index (χ3v) is 8.09. The topological polar surface area (TPSA) is 26.3 Å². The smallest absolute Gasteiger partial charge is 0.460 e. The van der Waals surface area contributed by atoms with E-state index in [1.54, 1.807) is 0 Å². The van der Waals surface area contributed by atoms with E-state index in [1.807, 2.05) is 6.92 Å². The molecule has 0 aliphatic heterocycles. The van der Waals surface area contributed by atoms with Crippen LogP contribution in [0.15, 0.2) is 0 Å². The Labute approximate surface area is 233 Å². The van der Waals surface area contributed by atoms with Gasteiger partial charge >= 0.3 is 53.6 Å². The van der Waals surface area contributed by atoms with Gasteiger partial charge in [0.1, 0.15) is 6.10 Å². The van der Waals surface area contributed by atoms with Crippen LogP contribution in [0.2, 0.25) is 0 Å². The molecule has 0 aromatic heterocycles. The molecule has 0 bridgehead atoms. The molecule has 0 radical (unpaired) electrons. The van der Waals surface area contributed by atoms with Crippen LogP contribution in [0.3, 0.4) is 0 Å². The summed E-state index contributed by atoms with van der Waals surface area (Å²) in [6.45, 7) is 1.97. The minimum Gasteiger partial charge on any atom is -0.462 e. The van der Waals surface area contributed by atoms with Crippen LogP contribution >= 0.6 is 0 Å². The first kappa shape index (κ1) is 37.5. The van der Waals surface area contributed by atoms with Gasteiger partial charge in [0.15, 0.2) is 0 Å². The van der Waals surface area contributed by atoms with Crippen LogP contribution in [0, 0.1) is 17.8 Å². The number of hydrogen-bond acceptors (Lipinski definition) is 2. The summed E-state index contributed by atoms with van der Waals surface area (Å²) in [5, 5.41) is 0. The highest BCUT2D eigenvalue weighted by Gasteiger charge is 2.95. The lowest BCUT2D eigenvalue weighted by Crippen LogP contribution is -2.75. The summed E-state index contributed by atoms with van der Waals surface area (Å²) in [7, 11) is 0. The van der Waals surface area contributed by atoms with E-state index in [1.165, 1.54) is 0 Å². The van der Waals surface area contributed by atoms with E-state index >= 15 is 0 Å². The van der Waals surface area contributed by atoms with Gasteiger partial charge in [0, 0.05) is 5.92 Å². The standard InChI is InChI=1S/C24H27F17O2/c1-2-3-12-4-10-15(11-5-12)43-16(42)13-6-8-14(9-7-13)17(25,26)18(27,28)19(29,30)20(31,32)21(33,34)22(35,36)23(37,38)24(39,40)41/h12-15H,2-11H2,1H3/t12-,13-,14-,15-. The van der Waals surface area contributed by atoms with Crippen molar-refractivity contribution in [3.05, 3.63) is 0 Å². The Morgan fingerprint density at radius 1 is 0.558 bits per heavy atom. The summed E-state index contributed by atoms with van der Waals surface area (Å²) < 4.78 is 235. The zero-order valence-electron chi connectivity index (χ0n) is 22.1. The Balaban J connectivity index is 2.21. The van der Waals surface area contributed by atoms with Gasteiger partial charge in [-0.3, -0.25) is 4.79 Å². The van der Waals surface area contributed by atoms with Gasteiger partial charge in [-0.05, 0) is 57.3 Å². The van der Waals surface area contributed by atoms with Crippen LogP contribution in [0.4, 0.5) is 74.6 Å². The van der Waals surface area contributed by atoms with Crippen molar-refractivity contribution in [1.29, 1.82) is 0 Å². The average Bonchev–Trinajstić information content (AvgIpc) is 2.88. The lowest BCUT2D eigenvalue weighted by Gasteiger charge is -2.44. The Morgan fingerprint density at radius 2 is 0.953 bits per heavy atom. The summed E-state index contributed by atoms with van der Waals surface area (Å²) >= 11 is 0. The molecule has 0 amide bonds. The molecular formula is C24H27F17O2. The molecular weight excluding hydrogens is 643 g/mol. The summed E-state index contributed by atoms with van der Waals surface area (Å²) in [6.07, 6.45) is -8.17. The number of ether oxygens (including phenoxy) is 1. The minimum atomic E-state index is -8.64. The molecule has 2 saturated carbocycles. The molecule has 0 heterocycles. The number of rotatable bonds is 11. The first-order valence-electron chi connectivity index (χ1n) is 13.1. The second-order valence-electron chi connectivity index (χ2n) is 11.0. The van der Waals surface area contributed by atoms with Crippen molar-refractivity contribution >= 4 is 5.97 Å². The highest BCUT2D eigenvalue weighted by Crippen LogP contribution is 2.65. The number of halogens is 17. The number of carbonyl (C=O) groups excluding carboxylic acids is 1. The molecule has 0 N–H and O–H groups in total. The van der Waals surface area contributed by atoms with E-state index < -0.39 is 97.2 Å². The zero-order chi connectivity index (χ0) is 33.7. The van der Waals surface area contributed by atoms with Crippen molar-refractivity contribution in [2.24, 2.45) is 17.8 Å². The summed E-state index contributed by atoms with van der Waals surface area (Å²) in [5.74, 6) is -61.2. The third kappa shape index (κ3) is 6.11. The van der Waals surface area contributed by atoms with Crippen LogP contribution in [0.5, 0.6) is 0 Å².